The van der Waals surface area contributed by atoms with Crippen molar-refractivity contribution in [1.29, 1.82) is 0 Å². The first-order valence-electron chi connectivity index (χ1n) is 9.63. The number of ether oxygens (including phenoxy) is 1. The molecule has 144 valence electrons. The maximum atomic E-state index is 12.7. The van der Waals surface area contributed by atoms with E-state index in [9.17, 15) is 4.79 Å². The van der Waals surface area contributed by atoms with Gasteiger partial charge in [-0.2, -0.15) is 0 Å². The van der Waals surface area contributed by atoms with Crippen LogP contribution in [0, 0.1) is 5.92 Å². The first-order valence-corrected chi connectivity index (χ1v) is 9.63. The maximum Gasteiger partial charge on any atom is 0.319 e. The lowest BCUT2D eigenvalue weighted by atomic mass is 10.1. The molecular weight excluding hydrogens is 342 g/mol. The molecule has 1 atom stereocenters. The lowest BCUT2D eigenvalue weighted by Crippen LogP contribution is -2.37. The second kappa shape index (κ2) is 8.10. The number of nitrogens with zero attached hydrogens (tertiary/aromatic N) is 3. The van der Waals surface area contributed by atoms with Crippen LogP contribution in [-0.2, 0) is 18.3 Å². The minimum Gasteiger partial charge on any atom is -0.379 e. The molecule has 7 nitrogen and oxygen atoms in total. The largest absolute Gasteiger partial charge is 0.379 e. The third-order valence-electron chi connectivity index (χ3n) is 5.28. The molecule has 2 N–H and O–H groups in total. The number of carbonyl (C=O) groups is 1. The molecule has 2 heterocycles. The molecule has 0 spiro atoms. The number of morpholine rings is 1. The van der Waals surface area contributed by atoms with Crippen LogP contribution in [0.3, 0.4) is 0 Å². The van der Waals surface area contributed by atoms with Crippen molar-refractivity contribution < 1.29 is 9.53 Å². The Morgan fingerprint density at radius 3 is 2.78 bits per heavy atom. The fraction of sp³-hybridized carbons (Fsp3) is 0.500. The Morgan fingerprint density at radius 2 is 2.07 bits per heavy atom. The summed E-state index contributed by atoms with van der Waals surface area (Å²) in [7, 11) is 1.97. The predicted octanol–water partition coefficient (Wildman–Crippen LogP) is 2.53. The molecular formula is C20H27N5O2. The molecule has 1 aromatic heterocycles. The molecule has 1 saturated carbocycles. The summed E-state index contributed by atoms with van der Waals surface area (Å²) >= 11 is 0. The van der Waals surface area contributed by atoms with Crippen molar-refractivity contribution in [3.05, 3.63) is 48.0 Å². The average molecular weight is 369 g/mol. The average Bonchev–Trinajstić information content (AvgIpc) is 3.43. The highest BCUT2D eigenvalue weighted by Crippen LogP contribution is 2.40. The summed E-state index contributed by atoms with van der Waals surface area (Å²) in [5.41, 5.74) is 1.98. The van der Waals surface area contributed by atoms with Crippen molar-refractivity contribution in [1.82, 2.24) is 19.8 Å². The Kier molecular flexibility index (Phi) is 5.40. The van der Waals surface area contributed by atoms with Crippen LogP contribution in [-0.4, -0.2) is 46.8 Å². The molecule has 4 rings (SSSR count). The van der Waals surface area contributed by atoms with Crippen LogP contribution in [0.25, 0.3) is 0 Å². The van der Waals surface area contributed by atoms with Crippen LogP contribution in [0.4, 0.5) is 10.5 Å². The van der Waals surface area contributed by atoms with Gasteiger partial charge in [-0.15, -0.1) is 0 Å². The highest BCUT2D eigenvalue weighted by atomic mass is 16.5. The van der Waals surface area contributed by atoms with Crippen LogP contribution in [0.1, 0.15) is 30.3 Å². The summed E-state index contributed by atoms with van der Waals surface area (Å²) in [6.45, 7) is 4.18. The number of amides is 2. The zero-order valence-electron chi connectivity index (χ0n) is 15.7. The number of urea groups is 1. The summed E-state index contributed by atoms with van der Waals surface area (Å²) in [6, 6.07) is 7.78. The highest BCUT2D eigenvalue weighted by Gasteiger charge is 2.35. The van der Waals surface area contributed by atoms with Gasteiger partial charge in [-0.3, -0.25) is 4.90 Å². The van der Waals surface area contributed by atoms with Crippen LogP contribution in [0.5, 0.6) is 0 Å². The smallest absolute Gasteiger partial charge is 0.319 e. The van der Waals surface area contributed by atoms with Gasteiger partial charge in [0.2, 0.25) is 0 Å². The van der Waals surface area contributed by atoms with Gasteiger partial charge in [0.15, 0.2) is 0 Å². The molecule has 2 aromatic rings. The zero-order chi connectivity index (χ0) is 18.6. The third kappa shape index (κ3) is 4.48. The number of aryl methyl sites for hydroxylation is 1. The number of nitrogens with one attached hydrogen (secondary N) is 2. The Bertz CT molecular complexity index is 780. The molecule has 2 fully saturated rings. The predicted molar refractivity (Wildman–Crippen MR) is 103 cm³/mol. The van der Waals surface area contributed by atoms with E-state index in [1.54, 1.807) is 6.20 Å². The molecule has 7 heteroatoms. The number of imidazole rings is 1. The Labute approximate surface area is 159 Å². The molecule has 0 unspecified atom stereocenters. The van der Waals surface area contributed by atoms with Crippen molar-refractivity contribution in [2.24, 2.45) is 13.0 Å². The van der Waals surface area contributed by atoms with E-state index in [1.165, 1.54) is 0 Å². The van der Waals surface area contributed by atoms with E-state index in [1.807, 2.05) is 36.0 Å². The van der Waals surface area contributed by atoms with Gasteiger partial charge >= 0.3 is 6.03 Å². The number of rotatable bonds is 6. The van der Waals surface area contributed by atoms with E-state index >= 15 is 0 Å². The van der Waals surface area contributed by atoms with E-state index in [4.69, 9.17) is 4.74 Å². The van der Waals surface area contributed by atoms with E-state index in [2.05, 4.69) is 26.6 Å². The summed E-state index contributed by atoms with van der Waals surface area (Å²) < 4.78 is 7.40. The SMILES string of the molecule is Cn1ccnc1[C@H](NC(=O)Nc1ccccc1CN1CCOCC1)C1CC1. The quantitative estimate of drug-likeness (QED) is 0.821. The van der Waals surface area contributed by atoms with Crippen molar-refractivity contribution in [2.75, 3.05) is 31.6 Å². The Hall–Kier alpha value is -2.38. The first kappa shape index (κ1) is 18.0. The number of carbonyl (C=O) groups excluding carboxylic acids is 1. The Morgan fingerprint density at radius 1 is 1.30 bits per heavy atom. The second-order valence-corrected chi connectivity index (χ2v) is 7.36. The monoisotopic (exact) mass is 369 g/mol. The van der Waals surface area contributed by atoms with Gasteiger partial charge < -0.3 is 19.9 Å². The van der Waals surface area contributed by atoms with Gasteiger partial charge in [0.1, 0.15) is 5.82 Å². The molecule has 1 aromatic carbocycles. The molecule has 1 saturated heterocycles. The topological polar surface area (TPSA) is 71.4 Å². The van der Waals surface area contributed by atoms with E-state index in [-0.39, 0.29) is 12.1 Å². The maximum absolute atomic E-state index is 12.7. The number of para-hydroxylation sites is 1. The van der Waals surface area contributed by atoms with Crippen molar-refractivity contribution >= 4 is 11.7 Å². The molecule has 2 amide bonds. The number of anilines is 1. The third-order valence-corrected chi connectivity index (χ3v) is 5.28. The fourth-order valence-corrected chi connectivity index (χ4v) is 3.58. The van der Waals surface area contributed by atoms with Crippen molar-refractivity contribution in [2.45, 2.75) is 25.4 Å². The molecule has 27 heavy (non-hydrogen) atoms. The standard InChI is InChI=1S/C20H27N5O2/c1-24-9-8-21-19(24)18(15-6-7-15)23-20(26)22-17-5-3-2-4-16(17)14-25-10-12-27-13-11-25/h2-5,8-9,15,18H,6-7,10-14H2,1H3,(H2,22,23,26)/t18-/m1/s1. The van der Waals surface area contributed by atoms with Crippen LogP contribution < -0.4 is 10.6 Å². The lowest BCUT2D eigenvalue weighted by molar-refractivity contribution is 0.0343. The number of hydrogen-bond donors (Lipinski definition) is 2. The minimum atomic E-state index is -0.177. The van der Waals surface area contributed by atoms with Gasteiger partial charge in [-0.1, -0.05) is 18.2 Å². The highest BCUT2D eigenvalue weighted by molar-refractivity contribution is 5.90. The summed E-state index contributed by atoms with van der Waals surface area (Å²) in [5, 5.41) is 6.18. The zero-order valence-corrected chi connectivity index (χ0v) is 15.7. The molecule has 2 aliphatic rings. The molecule has 0 radical (unpaired) electrons. The number of aromatic nitrogens is 2. The molecule has 1 aliphatic carbocycles. The van der Waals surface area contributed by atoms with Gasteiger partial charge in [0, 0.05) is 44.8 Å². The normalized spacial score (nSPS) is 18.9. The van der Waals surface area contributed by atoms with Gasteiger partial charge in [-0.05, 0) is 30.4 Å². The minimum absolute atomic E-state index is 0.0450. The molecule has 1 aliphatic heterocycles. The van der Waals surface area contributed by atoms with E-state index in [0.29, 0.717) is 5.92 Å². The van der Waals surface area contributed by atoms with Crippen molar-refractivity contribution in [3.63, 3.8) is 0 Å². The number of benzene rings is 1. The van der Waals surface area contributed by atoms with Crippen LogP contribution in [0.2, 0.25) is 0 Å². The lowest BCUT2D eigenvalue weighted by Gasteiger charge is -2.27. The van der Waals surface area contributed by atoms with Gasteiger partial charge in [-0.25, -0.2) is 9.78 Å². The van der Waals surface area contributed by atoms with Gasteiger partial charge in [0.05, 0.1) is 19.3 Å². The molecule has 0 bridgehead atoms. The van der Waals surface area contributed by atoms with Gasteiger partial charge in [0.25, 0.3) is 0 Å². The number of hydrogen-bond acceptors (Lipinski definition) is 4. The van der Waals surface area contributed by atoms with Crippen LogP contribution in [0.15, 0.2) is 36.7 Å². The second-order valence-electron chi connectivity index (χ2n) is 7.36. The van der Waals surface area contributed by atoms with E-state index < -0.39 is 0 Å². The van der Waals surface area contributed by atoms with Crippen LogP contribution >= 0.6 is 0 Å². The fourth-order valence-electron chi connectivity index (χ4n) is 3.58. The summed E-state index contributed by atoms with van der Waals surface area (Å²) in [5.74, 6) is 1.38. The van der Waals surface area contributed by atoms with Crippen molar-refractivity contribution in [3.8, 4) is 0 Å². The van der Waals surface area contributed by atoms with E-state index in [0.717, 1.165) is 62.8 Å². The summed E-state index contributed by atoms with van der Waals surface area (Å²) in [4.78, 5) is 19.5. The first-order chi connectivity index (χ1) is 13.2. The Balaban J connectivity index is 1.42. The summed E-state index contributed by atoms with van der Waals surface area (Å²) in [6.07, 6.45) is 5.96.